The molecule has 5 rings (SSSR count). The van der Waals surface area contributed by atoms with Crippen LogP contribution in [-0.2, 0) is 11.2 Å². The summed E-state index contributed by atoms with van der Waals surface area (Å²) in [6.45, 7) is 0.177. The molecule has 1 aliphatic heterocycles. The van der Waals surface area contributed by atoms with Gasteiger partial charge in [0.25, 0.3) is 0 Å². The smallest absolute Gasteiger partial charge is 0.319 e. The highest BCUT2D eigenvalue weighted by atomic mass is 35.5. The quantitative estimate of drug-likeness (QED) is 0.317. The number of hydrogen-bond donors (Lipinski definition) is 3. The van der Waals surface area contributed by atoms with Crippen LogP contribution in [0.2, 0.25) is 5.02 Å². The monoisotopic (exact) mass is 521 g/mol. The van der Waals surface area contributed by atoms with Gasteiger partial charge in [-0.3, -0.25) is 10.1 Å². The Labute approximate surface area is 215 Å². The number of urea groups is 1. The first-order valence-corrected chi connectivity index (χ1v) is 12.1. The van der Waals surface area contributed by atoms with E-state index < -0.39 is 18.0 Å². The van der Waals surface area contributed by atoms with Gasteiger partial charge in [-0.2, -0.15) is 0 Å². The van der Waals surface area contributed by atoms with E-state index in [0.717, 1.165) is 11.1 Å². The predicted molar refractivity (Wildman–Crippen MR) is 138 cm³/mol. The summed E-state index contributed by atoms with van der Waals surface area (Å²) >= 11 is 7.21. The van der Waals surface area contributed by atoms with Crippen molar-refractivity contribution >= 4 is 45.7 Å². The molecule has 9 nitrogen and oxygen atoms in total. The number of rotatable bonds is 7. The van der Waals surface area contributed by atoms with Gasteiger partial charge in [0.2, 0.25) is 17.8 Å². The minimum Gasteiger partial charge on any atom is -0.454 e. The van der Waals surface area contributed by atoms with Crippen molar-refractivity contribution in [1.82, 2.24) is 15.5 Å². The van der Waals surface area contributed by atoms with E-state index in [9.17, 15) is 9.59 Å². The van der Waals surface area contributed by atoms with E-state index >= 15 is 0 Å². The Hall–Kier alpha value is -4.15. The van der Waals surface area contributed by atoms with Gasteiger partial charge >= 0.3 is 6.03 Å². The van der Waals surface area contributed by atoms with E-state index in [0.29, 0.717) is 32.3 Å². The largest absolute Gasteiger partial charge is 0.454 e. The summed E-state index contributed by atoms with van der Waals surface area (Å²) in [7, 11) is 0. The van der Waals surface area contributed by atoms with Gasteiger partial charge in [0.15, 0.2) is 11.5 Å². The summed E-state index contributed by atoms with van der Waals surface area (Å²) in [5.74, 6) is 0.877. The number of hydrogen-bond acceptors (Lipinski definition) is 7. The van der Waals surface area contributed by atoms with E-state index in [1.807, 2.05) is 42.5 Å². The summed E-state index contributed by atoms with van der Waals surface area (Å²) in [6, 6.07) is 20.2. The molecule has 3 aromatic carbocycles. The highest BCUT2D eigenvalue weighted by molar-refractivity contribution is 7.18. The molecule has 3 amide bonds. The Kier molecular flexibility index (Phi) is 6.96. The first kappa shape index (κ1) is 23.6. The zero-order valence-electron chi connectivity index (χ0n) is 18.7. The molecule has 36 heavy (non-hydrogen) atoms. The summed E-state index contributed by atoms with van der Waals surface area (Å²) < 4.78 is 10.8. The van der Waals surface area contributed by atoms with Crippen molar-refractivity contribution in [2.75, 3.05) is 17.4 Å². The van der Waals surface area contributed by atoms with Crippen LogP contribution in [0, 0.1) is 0 Å². The number of nitrogens with zero attached hydrogens (tertiary/aromatic N) is 2. The number of amides is 3. The van der Waals surface area contributed by atoms with E-state index in [4.69, 9.17) is 21.1 Å². The Morgan fingerprint density at radius 1 is 0.944 bits per heavy atom. The molecule has 182 valence electrons. The molecule has 1 atom stereocenters. The zero-order valence-corrected chi connectivity index (χ0v) is 20.3. The van der Waals surface area contributed by atoms with Crippen molar-refractivity contribution < 1.29 is 19.1 Å². The molecule has 11 heteroatoms. The number of carbonyl (C=O) groups is 2. The summed E-state index contributed by atoms with van der Waals surface area (Å²) in [4.78, 5) is 25.9. The van der Waals surface area contributed by atoms with Crippen LogP contribution in [0.4, 0.5) is 15.6 Å². The zero-order chi connectivity index (χ0) is 24.9. The van der Waals surface area contributed by atoms with Gasteiger partial charge in [0, 0.05) is 22.7 Å². The molecule has 0 aliphatic carbocycles. The van der Waals surface area contributed by atoms with Gasteiger partial charge in [-0.1, -0.05) is 59.3 Å². The number of carbonyl (C=O) groups excluding carboxylic acids is 2. The van der Waals surface area contributed by atoms with Crippen molar-refractivity contribution in [3.8, 4) is 22.1 Å². The van der Waals surface area contributed by atoms with Crippen LogP contribution in [0.5, 0.6) is 11.5 Å². The number of anilines is 2. The van der Waals surface area contributed by atoms with E-state index in [1.54, 1.807) is 30.3 Å². The van der Waals surface area contributed by atoms with Gasteiger partial charge in [0.1, 0.15) is 11.0 Å². The second kappa shape index (κ2) is 10.6. The summed E-state index contributed by atoms with van der Waals surface area (Å²) in [5.41, 5.74) is 2.19. The number of halogens is 1. The van der Waals surface area contributed by atoms with Crippen LogP contribution in [0.15, 0.2) is 72.8 Å². The Morgan fingerprint density at radius 3 is 2.61 bits per heavy atom. The number of nitrogens with one attached hydrogen (secondary N) is 3. The lowest BCUT2D eigenvalue weighted by atomic mass is 10.1. The van der Waals surface area contributed by atoms with Crippen molar-refractivity contribution in [3.63, 3.8) is 0 Å². The second-order valence-corrected chi connectivity index (χ2v) is 9.23. The van der Waals surface area contributed by atoms with Crippen LogP contribution < -0.4 is 25.4 Å². The van der Waals surface area contributed by atoms with Crippen molar-refractivity contribution in [2.45, 2.75) is 12.5 Å². The van der Waals surface area contributed by atoms with Crippen molar-refractivity contribution in [3.05, 3.63) is 83.4 Å². The molecule has 0 saturated carbocycles. The number of ether oxygens (including phenoxy) is 2. The molecule has 2 heterocycles. The van der Waals surface area contributed by atoms with Gasteiger partial charge in [-0.15, -0.1) is 10.2 Å². The molecule has 3 N–H and O–H groups in total. The Morgan fingerprint density at radius 2 is 1.78 bits per heavy atom. The average Bonchev–Trinajstić information content (AvgIpc) is 3.53. The highest BCUT2D eigenvalue weighted by Crippen LogP contribution is 2.37. The van der Waals surface area contributed by atoms with Crippen LogP contribution >= 0.6 is 22.9 Å². The third-order valence-corrected chi connectivity index (χ3v) is 6.38. The minimum absolute atomic E-state index is 0.177. The third kappa shape index (κ3) is 5.73. The molecule has 4 aromatic rings. The van der Waals surface area contributed by atoms with Crippen LogP contribution in [-0.4, -0.2) is 35.0 Å². The fourth-order valence-corrected chi connectivity index (χ4v) is 4.50. The van der Waals surface area contributed by atoms with Crippen molar-refractivity contribution in [1.29, 1.82) is 0 Å². The lowest BCUT2D eigenvalue weighted by Crippen LogP contribution is -2.46. The molecule has 0 bridgehead atoms. The molecule has 0 saturated heterocycles. The number of fused-ring (bicyclic) bond motifs is 1. The first-order valence-electron chi connectivity index (χ1n) is 10.9. The molecule has 0 unspecified atom stereocenters. The highest BCUT2D eigenvalue weighted by Gasteiger charge is 2.23. The molecule has 0 spiro atoms. The lowest BCUT2D eigenvalue weighted by molar-refractivity contribution is -0.117. The second-order valence-electron chi connectivity index (χ2n) is 7.82. The normalized spacial score (nSPS) is 12.6. The van der Waals surface area contributed by atoms with Crippen LogP contribution in [0.25, 0.3) is 10.6 Å². The van der Waals surface area contributed by atoms with Gasteiger partial charge in [-0.05, 0) is 42.0 Å². The van der Waals surface area contributed by atoms with Crippen LogP contribution in [0.1, 0.15) is 5.56 Å². The first-order chi connectivity index (χ1) is 17.5. The number of benzene rings is 3. The van der Waals surface area contributed by atoms with E-state index in [2.05, 4.69) is 26.1 Å². The SMILES string of the molecule is O=C(Nc1cccc(Cl)c1)N[C@H](Cc1ccccc1)C(=O)Nc1nnc(-c2ccc3c(c2)OCO3)s1. The average molecular weight is 522 g/mol. The maximum atomic E-state index is 13.2. The molecular formula is C25H20ClN5O4S. The van der Waals surface area contributed by atoms with Gasteiger partial charge in [-0.25, -0.2) is 4.79 Å². The lowest BCUT2D eigenvalue weighted by Gasteiger charge is -2.18. The van der Waals surface area contributed by atoms with E-state index in [-0.39, 0.29) is 13.2 Å². The standard InChI is InChI=1S/C25H20ClN5O4S/c26-17-7-4-8-18(13-17)27-24(33)28-19(11-15-5-2-1-3-6-15)22(32)29-25-31-30-23(36-25)16-9-10-20-21(12-16)35-14-34-20/h1-10,12-13,19H,11,14H2,(H2,27,28,33)(H,29,31,32)/t19-/m1/s1. The Balaban J connectivity index is 1.29. The molecule has 1 aromatic heterocycles. The minimum atomic E-state index is -0.871. The predicted octanol–water partition coefficient (Wildman–Crippen LogP) is 4.96. The van der Waals surface area contributed by atoms with E-state index in [1.165, 1.54) is 11.3 Å². The van der Waals surface area contributed by atoms with Crippen LogP contribution in [0.3, 0.4) is 0 Å². The molecule has 1 aliphatic rings. The Bertz CT molecular complexity index is 1400. The number of aromatic nitrogens is 2. The fraction of sp³-hybridized carbons (Fsp3) is 0.120. The fourth-order valence-electron chi connectivity index (χ4n) is 3.56. The summed E-state index contributed by atoms with van der Waals surface area (Å²) in [5, 5.41) is 17.9. The third-order valence-electron chi connectivity index (χ3n) is 5.26. The molecular weight excluding hydrogens is 502 g/mol. The topological polar surface area (TPSA) is 114 Å². The van der Waals surface area contributed by atoms with Crippen molar-refractivity contribution in [2.24, 2.45) is 0 Å². The molecule has 0 fully saturated rings. The maximum Gasteiger partial charge on any atom is 0.319 e. The summed E-state index contributed by atoms with van der Waals surface area (Å²) in [6.07, 6.45) is 0.281. The van der Waals surface area contributed by atoms with Gasteiger partial charge < -0.3 is 20.1 Å². The van der Waals surface area contributed by atoms with Gasteiger partial charge in [0.05, 0.1) is 0 Å². The molecule has 0 radical (unpaired) electrons. The maximum absolute atomic E-state index is 13.2.